The molecule has 0 saturated carbocycles. The highest BCUT2D eigenvalue weighted by atomic mass is 16.4. The van der Waals surface area contributed by atoms with Crippen molar-refractivity contribution in [1.29, 1.82) is 0 Å². The Bertz CT molecular complexity index is 646. The smallest absolute Gasteiger partial charge is 0.356 e. The van der Waals surface area contributed by atoms with Gasteiger partial charge < -0.3 is 10.4 Å². The van der Waals surface area contributed by atoms with Gasteiger partial charge in [0.2, 0.25) is 5.91 Å². The van der Waals surface area contributed by atoms with Crippen molar-refractivity contribution in [3.8, 4) is 0 Å². The van der Waals surface area contributed by atoms with Gasteiger partial charge >= 0.3 is 5.97 Å². The lowest BCUT2D eigenvalue weighted by atomic mass is 10.3. The van der Waals surface area contributed by atoms with Crippen LogP contribution in [-0.4, -0.2) is 43.1 Å². The molecule has 1 amide bonds. The summed E-state index contributed by atoms with van der Waals surface area (Å²) in [4.78, 5) is 22.4. The molecule has 8 heteroatoms. The van der Waals surface area contributed by atoms with Gasteiger partial charge in [0.1, 0.15) is 0 Å². The van der Waals surface area contributed by atoms with Gasteiger partial charge in [-0.1, -0.05) is 0 Å². The quantitative estimate of drug-likeness (QED) is 0.698. The van der Waals surface area contributed by atoms with E-state index in [1.807, 2.05) is 17.7 Å². The monoisotopic (exact) mass is 305 g/mol. The van der Waals surface area contributed by atoms with Crippen molar-refractivity contribution in [2.24, 2.45) is 0 Å². The fourth-order valence-electron chi connectivity index (χ4n) is 1.99. The first-order valence-electron chi connectivity index (χ1n) is 7.08. The van der Waals surface area contributed by atoms with Crippen LogP contribution in [0, 0.1) is 6.92 Å². The van der Waals surface area contributed by atoms with Crippen LogP contribution in [-0.2, 0) is 17.9 Å². The molecule has 118 valence electrons. The number of hydrogen-bond donors (Lipinski definition) is 2. The largest absolute Gasteiger partial charge is 0.476 e. The number of rotatable bonds is 8. The second-order valence-corrected chi connectivity index (χ2v) is 4.92. The van der Waals surface area contributed by atoms with E-state index in [-0.39, 0.29) is 18.0 Å². The van der Waals surface area contributed by atoms with Crippen LogP contribution >= 0.6 is 0 Å². The molecule has 2 rings (SSSR count). The number of nitrogens with zero attached hydrogens (tertiary/aromatic N) is 4. The Labute approximate surface area is 127 Å². The molecule has 0 bridgehead atoms. The highest BCUT2D eigenvalue weighted by Gasteiger charge is 2.07. The predicted molar refractivity (Wildman–Crippen MR) is 78.4 cm³/mol. The van der Waals surface area contributed by atoms with Crippen molar-refractivity contribution in [3.63, 3.8) is 0 Å². The normalized spacial score (nSPS) is 10.6. The highest BCUT2D eigenvalue weighted by Crippen LogP contribution is 1.98. The molecule has 2 aromatic rings. The molecule has 0 aliphatic carbocycles. The van der Waals surface area contributed by atoms with Gasteiger partial charge in [0.05, 0.1) is 0 Å². The topological polar surface area (TPSA) is 102 Å². The fourth-order valence-corrected chi connectivity index (χ4v) is 1.99. The van der Waals surface area contributed by atoms with Crippen LogP contribution in [0.4, 0.5) is 0 Å². The molecule has 2 heterocycles. The minimum absolute atomic E-state index is 0.0185. The number of aryl methyl sites for hydroxylation is 3. The van der Waals surface area contributed by atoms with Gasteiger partial charge in [0, 0.05) is 44.1 Å². The van der Waals surface area contributed by atoms with Gasteiger partial charge in [-0.3, -0.25) is 14.2 Å². The number of carboxylic acid groups (broad SMARTS) is 1. The van der Waals surface area contributed by atoms with Crippen molar-refractivity contribution in [2.75, 3.05) is 6.54 Å². The standard InChI is InChI=1S/C14H19N5O3/c1-11-3-7-16-19(11)8-2-6-15-13(20)5-10-18-9-4-12(17-18)14(21)22/h3-4,7,9H,2,5-6,8,10H2,1H3,(H,15,20)(H,21,22). The highest BCUT2D eigenvalue weighted by molar-refractivity contribution is 5.85. The van der Waals surface area contributed by atoms with E-state index in [4.69, 9.17) is 5.11 Å². The maximum absolute atomic E-state index is 11.7. The van der Waals surface area contributed by atoms with Crippen molar-refractivity contribution in [3.05, 3.63) is 35.9 Å². The van der Waals surface area contributed by atoms with Crippen LogP contribution < -0.4 is 5.32 Å². The van der Waals surface area contributed by atoms with Crippen LogP contribution in [0.3, 0.4) is 0 Å². The number of aromatic nitrogens is 4. The summed E-state index contributed by atoms with van der Waals surface area (Å²) in [5.41, 5.74) is 1.08. The number of carbonyl (C=O) groups excluding carboxylic acids is 1. The molecule has 0 aliphatic rings. The Morgan fingerprint density at radius 3 is 2.77 bits per heavy atom. The summed E-state index contributed by atoms with van der Waals surface area (Å²) < 4.78 is 3.35. The first-order valence-corrected chi connectivity index (χ1v) is 7.08. The Balaban J connectivity index is 1.63. The average Bonchev–Trinajstić information content (AvgIpc) is 3.11. The Hall–Kier alpha value is -2.64. The van der Waals surface area contributed by atoms with E-state index in [9.17, 15) is 9.59 Å². The van der Waals surface area contributed by atoms with Crippen molar-refractivity contribution in [2.45, 2.75) is 32.9 Å². The van der Waals surface area contributed by atoms with Crippen LogP contribution in [0.2, 0.25) is 0 Å². The van der Waals surface area contributed by atoms with E-state index in [0.717, 1.165) is 18.7 Å². The number of hydrogen-bond acceptors (Lipinski definition) is 4. The van der Waals surface area contributed by atoms with Crippen molar-refractivity contribution < 1.29 is 14.7 Å². The van der Waals surface area contributed by atoms with Crippen molar-refractivity contribution >= 4 is 11.9 Å². The zero-order valence-corrected chi connectivity index (χ0v) is 12.4. The zero-order valence-electron chi connectivity index (χ0n) is 12.4. The molecule has 2 N–H and O–H groups in total. The summed E-state index contributed by atoms with van der Waals surface area (Å²) in [6.07, 6.45) is 4.38. The molecule has 0 saturated heterocycles. The Morgan fingerprint density at radius 2 is 2.14 bits per heavy atom. The maximum atomic E-state index is 11.7. The van der Waals surface area contributed by atoms with E-state index in [1.54, 1.807) is 12.4 Å². The minimum Gasteiger partial charge on any atom is -0.476 e. The number of nitrogens with one attached hydrogen (secondary N) is 1. The molecule has 2 aromatic heterocycles. The average molecular weight is 305 g/mol. The fraction of sp³-hybridized carbons (Fsp3) is 0.429. The van der Waals surface area contributed by atoms with Gasteiger partial charge in [-0.15, -0.1) is 0 Å². The van der Waals surface area contributed by atoms with Gasteiger partial charge in [-0.2, -0.15) is 10.2 Å². The van der Waals surface area contributed by atoms with E-state index in [2.05, 4.69) is 15.5 Å². The lowest BCUT2D eigenvalue weighted by molar-refractivity contribution is -0.121. The molecular weight excluding hydrogens is 286 g/mol. The molecule has 0 radical (unpaired) electrons. The first-order chi connectivity index (χ1) is 10.6. The molecular formula is C14H19N5O3. The van der Waals surface area contributed by atoms with Gasteiger partial charge in [-0.25, -0.2) is 4.79 Å². The second-order valence-electron chi connectivity index (χ2n) is 4.92. The van der Waals surface area contributed by atoms with Crippen LogP contribution in [0.15, 0.2) is 24.5 Å². The number of carboxylic acids is 1. The summed E-state index contributed by atoms with van der Waals surface area (Å²) in [7, 11) is 0. The lowest BCUT2D eigenvalue weighted by Crippen LogP contribution is -2.26. The number of aromatic carboxylic acids is 1. The summed E-state index contributed by atoms with van der Waals surface area (Å²) in [5, 5.41) is 19.6. The van der Waals surface area contributed by atoms with Crippen molar-refractivity contribution in [1.82, 2.24) is 24.9 Å². The molecule has 0 aromatic carbocycles. The Kier molecular flexibility index (Phi) is 5.29. The Morgan fingerprint density at radius 1 is 1.32 bits per heavy atom. The van der Waals surface area contributed by atoms with E-state index in [1.165, 1.54) is 10.7 Å². The molecule has 0 unspecified atom stereocenters. The van der Waals surface area contributed by atoms with Gasteiger partial charge in [0.25, 0.3) is 0 Å². The summed E-state index contributed by atoms with van der Waals surface area (Å²) >= 11 is 0. The third-order valence-corrected chi connectivity index (χ3v) is 3.23. The van der Waals surface area contributed by atoms with Crippen LogP contribution in [0.1, 0.15) is 29.0 Å². The minimum atomic E-state index is -1.07. The SMILES string of the molecule is Cc1ccnn1CCCNC(=O)CCn1ccc(C(=O)O)n1. The van der Waals surface area contributed by atoms with Gasteiger partial charge in [-0.05, 0) is 25.5 Å². The first kappa shape index (κ1) is 15.7. The maximum Gasteiger partial charge on any atom is 0.356 e. The summed E-state index contributed by atoms with van der Waals surface area (Å²) in [6, 6.07) is 3.35. The summed E-state index contributed by atoms with van der Waals surface area (Å²) in [5.74, 6) is -1.15. The van der Waals surface area contributed by atoms with E-state index >= 15 is 0 Å². The molecule has 0 spiro atoms. The molecule has 0 aliphatic heterocycles. The molecule has 0 fully saturated rings. The summed E-state index contributed by atoms with van der Waals surface area (Å²) in [6.45, 7) is 3.69. The van der Waals surface area contributed by atoms with E-state index < -0.39 is 5.97 Å². The molecule has 0 atom stereocenters. The van der Waals surface area contributed by atoms with Gasteiger partial charge in [0.15, 0.2) is 5.69 Å². The zero-order chi connectivity index (χ0) is 15.9. The third-order valence-electron chi connectivity index (χ3n) is 3.23. The van der Waals surface area contributed by atoms with E-state index in [0.29, 0.717) is 13.1 Å². The lowest BCUT2D eigenvalue weighted by Gasteiger charge is -2.07. The number of amides is 1. The van der Waals surface area contributed by atoms with Crippen LogP contribution in [0.5, 0.6) is 0 Å². The molecule has 22 heavy (non-hydrogen) atoms. The molecule has 8 nitrogen and oxygen atoms in total. The van der Waals surface area contributed by atoms with Crippen LogP contribution in [0.25, 0.3) is 0 Å². The third kappa shape index (κ3) is 4.44. The second kappa shape index (κ2) is 7.39. The predicted octanol–water partition coefficient (Wildman–Crippen LogP) is 0.683. The number of carbonyl (C=O) groups is 2.